The van der Waals surface area contributed by atoms with Gasteiger partial charge in [0, 0.05) is 11.9 Å². The number of carbonyl (C=O) groups excluding carboxylic acids is 1. The first-order chi connectivity index (χ1) is 5.77. The number of hydrogen-bond acceptors (Lipinski definition) is 4. The highest BCUT2D eigenvalue weighted by atomic mass is 16.1. The fraction of sp³-hybridized carbons (Fsp3) is 0.429. The van der Waals surface area contributed by atoms with Crippen LogP contribution in [0, 0.1) is 0 Å². The van der Waals surface area contributed by atoms with Crippen LogP contribution in [0.15, 0.2) is 16.8 Å². The van der Waals surface area contributed by atoms with Gasteiger partial charge in [-0.1, -0.05) is 0 Å². The summed E-state index contributed by atoms with van der Waals surface area (Å²) in [6.45, 7) is 0.669. The molecule has 2 aliphatic rings. The maximum atomic E-state index is 10.8. The van der Waals surface area contributed by atoms with E-state index in [1.54, 1.807) is 6.21 Å². The smallest absolute Gasteiger partial charge is 0.254 e. The van der Waals surface area contributed by atoms with Gasteiger partial charge in [-0.05, 0) is 6.08 Å². The molecule has 0 spiro atoms. The van der Waals surface area contributed by atoms with E-state index in [0.717, 1.165) is 5.70 Å². The molecule has 0 aromatic carbocycles. The van der Waals surface area contributed by atoms with E-state index in [4.69, 9.17) is 5.73 Å². The van der Waals surface area contributed by atoms with Crippen molar-refractivity contribution in [2.24, 2.45) is 10.7 Å². The van der Waals surface area contributed by atoms with Crippen LogP contribution in [0.3, 0.4) is 0 Å². The van der Waals surface area contributed by atoms with Crippen molar-refractivity contribution in [3.05, 3.63) is 11.8 Å². The quantitative estimate of drug-likeness (QED) is 0.435. The number of nitrogens with zero attached hydrogens (tertiary/aromatic N) is 1. The van der Waals surface area contributed by atoms with Gasteiger partial charge in [0.15, 0.2) is 6.17 Å². The molecular formula is C7H10N4O. The summed E-state index contributed by atoms with van der Waals surface area (Å²) in [6, 6.07) is 0.132. The Hall–Kier alpha value is -1.36. The van der Waals surface area contributed by atoms with Gasteiger partial charge in [-0.3, -0.25) is 15.1 Å². The van der Waals surface area contributed by atoms with Crippen LogP contribution in [0.4, 0.5) is 0 Å². The molecule has 2 atom stereocenters. The zero-order valence-corrected chi connectivity index (χ0v) is 6.45. The van der Waals surface area contributed by atoms with Crippen LogP contribution in [0.5, 0.6) is 0 Å². The molecule has 2 unspecified atom stereocenters. The molecule has 0 aromatic rings. The number of amides is 1. The molecule has 4 N–H and O–H groups in total. The van der Waals surface area contributed by atoms with E-state index in [1.807, 2.05) is 6.08 Å². The van der Waals surface area contributed by atoms with Gasteiger partial charge in [-0.2, -0.15) is 0 Å². The van der Waals surface area contributed by atoms with Gasteiger partial charge in [0.2, 0.25) is 0 Å². The normalized spacial score (nSPS) is 32.2. The van der Waals surface area contributed by atoms with E-state index in [-0.39, 0.29) is 11.9 Å². The van der Waals surface area contributed by atoms with E-state index >= 15 is 0 Å². The van der Waals surface area contributed by atoms with Crippen molar-refractivity contribution in [3.63, 3.8) is 0 Å². The highest BCUT2D eigenvalue weighted by Gasteiger charge is 2.31. The number of carbonyl (C=O) groups is 1. The minimum atomic E-state index is -0.442. The lowest BCUT2D eigenvalue weighted by molar-refractivity contribution is -0.120. The molecule has 2 heterocycles. The number of allylic oxidation sites excluding steroid dienone is 1. The van der Waals surface area contributed by atoms with Gasteiger partial charge >= 0.3 is 0 Å². The first kappa shape index (κ1) is 7.30. The Morgan fingerprint density at radius 3 is 3.25 bits per heavy atom. The Bertz CT molecular complexity index is 271. The third kappa shape index (κ3) is 1.08. The molecule has 2 aliphatic heterocycles. The van der Waals surface area contributed by atoms with Gasteiger partial charge in [0.25, 0.3) is 5.91 Å². The first-order valence-corrected chi connectivity index (χ1v) is 3.79. The molecule has 0 aliphatic carbocycles. The second kappa shape index (κ2) is 2.60. The summed E-state index contributed by atoms with van der Waals surface area (Å²) in [4.78, 5) is 14.8. The third-order valence-electron chi connectivity index (χ3n) is 1.99. The second-order valence-electron chi connectivity index (χ2n) is 2.84. The van der Waals surface area contributed by atoms with Crippen LogP contribution >= 0.6 is 0 Å². The topological polar surface area (TPSA) is 79.5 Å². The summed E-state index contributed by atoms with van der Waals surface area (Å²) in [7, 11) is 0. The molecule has 0 aromatic heterocycles. The number of dihydropyridines is 1. The Kier molecular flexibility index (Phi) is 1.58. The number of hydrogen-bond donors (Lipinski definition) is 3. The zero-order valence-electron chi connectivity index (χ0n) is 6.45. The Morgan fingerprint density at radius 2 is 2.58 bits per heavy atom. The van der Waals surface area contributed by atoms with Crippen molar-refractivity contribution in [2.75, 3.05) is 6.54 Å². The zero-order chi connectivity index (χ0) is 8.55. The summed E-state index contributed by atoms with van der Waals surface area (Å²) in [6.07, 6.45) is 3.14. The fourth-order valence-corrected chi connectivity index (χ4v) is 1.37. The van der Waals surface area contributed by atoms with E-state index in [9.17, 15) is 4.79 Å². The molecule has 0 bridgehead atoms. The van der Waals surface area contributed by atoms with Crippen LogP contribution in [0.25, 0.3) is 0 Å². The molecule has 0 saturated carbocycles. The Morgan fingerprint density at radius 1 is 1.75 bits per heavy atom. The lowest BCUT2D eigenvalue weighted by atomic mass is 10.2. The molecule has 5 nitrogen and oxygen atoms in total. The summed E-state index contributed by atoms with van der Waals surface area (Å²) in [5.41, 5.74) is 6.11. The number of aliphatic imine (C=N–C) groups is 1. The predicted octanol–water partition coefficient (Wildman–Crippen LogP) is -1.67. The molecule has 1 saturated heterocycles. The van der Waals surface area contributed by atoms with Crippen LogP contribution in [0.1, 0.15) is 0 Å². The van der Waals surface area contributed by atoms with Crippen molar-refractivity contribution in [2.45, 2.75) is 12.2 Å². The molecule has 0 radical (unpaired) electrons. The monoisotopic (exact) mass is 166 g/mol. The Balaban J connectivity index is 2.12. The van der Waals surface area contributed by atoms with Crippen LogP contribution in [0.2, 0.25) is 0 Å². The van der Waals surface area contributed by atoms with E-state index < -0.39 is 6.17 Å². The molecule has 64 valence electrons. The summed E-state index contributed by atoms with van der Waals surface area (Å²) >= 11 is 0. The number of fused-ring (bicyclic) bond motifs is 1. The van der Waals surface area contributed by atoms with Crippen molar-refractivity contribution >= 4 is 12.1 Å². The van der Waals surface area contributed by atoms with Crippen molar-refractivity contribution in [1.29, 1.82) is 0 Å². The summed E-state index contributed by atoms with van der Waals surface area (Å²) < 4.78 is 0. The van der Waals surface area contributed by atoms with Gasteiger partial charge in [-0.15, -0.1) is 0 Å². The average molecular weight is 166 g/mol. The molecule has 12 heavy (non-hydrogen) atoms. The lowest BCUT2D eigenvalue weighted by Gasteiger charge is -2.10. The Labute approximate surface area is 69.7 Å². The van der Waals surface area contributed by atoms with Gasteiger partial charge in [0.1, 0.15) is 0 Å². The summed E-state index contributed by atoms with van der Waals surface area (Å²) in [5.74, 6) is -0.384. The standard InChI is InChI=1S/C7H10N4O/c8-6(12)7-10-4-1-2-9-3-5(4)11-7/h1-2,5,7,10-11H,3H2,(H2,8,12). The number of nitrogens with one attached hydrogen (secondary N) is 2. The van der Waals surface area contributed by atoms with Gasteiger partial charge in [0.05, 0.1) is 12.6 Å². The van der Waals surface area contributed by atoms with E-state index in [1.165, 1.54) is 0 Å². The minimum Gasteiger partial charge on any atom is -0.367 e. The number of primary amides is 1. The van der Waals surface area contributed by atoms with Crippen LogP contribution in [-0.4, -0.2) is 30.9 Å². The number of nitrogens with two attached hydrogens (primary N) is 1. The van der Waals surface area contributed by atoms with Crippen molar-refractivity contribution in [1.82, 2.24) is 10.6 Å². The fourth-order valence-electron chi connectivity index (χ4n) is 1.37. The highest BCUT2D eigenvalue weighted by Crippen LogP contribution is 2.10. The van der Waals surface area contributed by atoms with Gasteiger partial charge in [-0.25, -0.2) is 0 Å². The number of rotatable bonds is 1. The molecule has 5 heteroatoms. The first-order valence-electron chi connectivity index (χ1n) is 3.79. The summed E-state index contributed by atoms with van der Waals surface area (Å²) in [5, 5.41) is 6.00. The molecule has 1 fully saturated rings. The second-order valence-corrected chi connectivity index (χ2v) is 2.84. The van der Waals surface area contributed by atoms with E-state index in [0.29, 0.717) is 6.54 Å². The maximum Gasteiger partial charge on any atom is 0.254 e. The van der Waals surface area contributed by atoms with Gasteiger partial charge < -0.3 is 11.1 Å². The SMILES string of the molecule is NC(=O)C1NC2=CC=NCC2N1. The lowest BCUT2D eigenvalue weighted by Crippen LogP contribution is -2.45. The van der Waals surface area contributed by atoms with Crippen LogP contribution < -0.4 is 16.4 Å². The highest BCUT2D eigenvalue weighted by molar-refractivity contribution is 5.81. The van der Waals surface area contributed by atoms with E-state index in [2.05, 4.69) is 15.6 Å². The minimum absolute atomic E-state index is 0.132. The van der Waals surface area contributed by atoms with Crippen LogP contribution in [-0.2, 0) is 4.79 Å². The van der Waals surface area contributed by atoms with Crippen molar-refractivity contribution < 1.29 is 4.79 Å². The average Bonchev–Trinajstić information content (AvgIpc) is 2.46. The largest absolute Gasteiger partial charge is 0.367 e. The molecular weight excluding hydrogens is 156 g/mol. The predicted molar refractivity (Wildman–Crippen MR) is 44.5 cm³/mol. The van der Waals surface area contributed by atoms with Crippen molar-refractivity contribution in [3.8, 4) is 0 Å². The molecule has 2 rings (SSSR count). The third-order valence-corrected chi connectivity index (χ3v) is 1.99. The molecule has 1 amide bonds. The maximum absolute atomic E-state index is 10.8.